The summed E-state index contributed by atoms with van der Waals surface area (Å²) in [5.74, 6) is -1.89. The van der Waals surface area contributed by atoms with E-state index in [1.165, 1.54) is 18.2 Å². The minimum absolute atomic E-state index is 0.00392. The highest BCUT2D eigenvalue weighted by atomic mass is 19.1. The first-order valence-electron chi connectivity index (χ1n) is 8.16. The number of hydrogen-bond donors (Lipinski definition) is 1. The van der Waals surface area contributed by atoms with Crippen molar-refractivity contribution in [3.8, 4) is 0 Å². The molecule has 2 aromatic rings. The Morgan fingerprint density at radius 1 is 1.15 bits per heavy atom. The Kier molecular flexibility index (Phi) is 5.26. The van der Waals surface area contributed by atoms with E-state index in [9.17, 15) is 18.8 Å². The number of carbonyl (C=O) groups excluding carboxylic acids is 3. The quantitative estimate of drug-likeness (QED) is 0.836. The van der Waals surface area contributed by atoms with Gasteiger partial charge in [-0.05, 0) is 36.8 Å². The van der Waals surface area contributed by atoms with Crippen LogP contribution in [-0.4, -0.2) is 30.9 Å². The Balaban J connectivity index is 1.62. The summed E-state index contributed by atoms with van der Waals surface area (Å²) < 4.78 is 18.0. The third kappa shape index (κ3) is 4.05. The first-order valence-corrected chi connectivity index (χ1v) is 8.16. The van der Waals surface area contributed by atoms with Crippen LogP contribution in [0.3, 0.4) is 0 Å². The normalized spacial score (nSPS) is 13.6. The molecule has 2 aromatic carbocycles. The van der Waals surface area contributed by atoms with Crippen LogP contribution in [0, 0.1) is 5.82 Å². The van der Waals surface area contributed by atoms with Crippen molar-refractivity contribution in [1.82, 2.24) is 0 Å². The summed E-state index contributed by atoms with van der Waals surface area (Å²) in [6, 6.07) is 12.0. The van der Waals surface area contributed by atoms with Crippen molar-refractivity contribution >= 4 is 29.2 Å². The maximum atomic E-state index is 13.1. The highest BCUT2D eigenvalue weighted by Crippen LogP contribution is 2.29. The number of nitrogens with one attached hydrogen (secondary N) is 1. The predicted octanol–water partition coefficient (Wildman–Crippen LogP) is 2.75. The van der Waals surface area contributed by atoms with E-state index in [4.69, 9.17) is 4.74 Å². The Labute approximate surface area is 149 Å². The number of halogens is 1. The van der Waals surface area contributed by atoms with Crippen molar-refractivity contribution in [1.29, 1.82) is 0 Å². The van der Waals surface area contributed by atoms with Gasteiger partial charge in [-0.2, -0.15) is 0 Å². The third-order valence-corrected chi connectivity index (χ3v) is 3.94. The van der Waals surface area contributed by atoms with Crippen LogP contribution < -0.4 is 10.2 Å². The number of rotatable bonds is 5. The molecule has 0 bridgehead atoms. The number of ether oxygens (including phenoxy) is 1. The average molecular weight is 356 g/mol. The van der Waals surface area contributed by atoms with Crippen LogP contribution in [0.25, 0.3) is 0 Å². The third-order valence-electron chi connectivity index (χ3n) is 3.94. The Morgan fingerprint density at radius 3 is 2.69 bits per heavy atom. The van der Waals surface area contributed by atoms with Crippen molar-refractivity contribution < 1.29 is 23.5 Å². The summed E-state index contributed by atoms with van der Waals surface area (Å²) >= 11 is 0. The Bertz CT molecular complexity index is 853. The fraction of sp³-hybridized carbons (Fsp3) is 0.211. The molecule has 6 nitrogen and oxygen atoms in total. The highest BCUT2D eigenvalue weighted by molar-refractivity contribution is 6.02. The summed E-state index contributed by atoms with van der Waals surface area (Å²) in [7, 11) is 0. The Morgan fingerprint density at radius 2 is 1.96 bits per heavy atom. The zero-order valence-electron chi connectivity index (χ0n) is 13.9. The molecule has 1 N–H and O–H groups in total. The van der Waals surface area contributed by atoms with Crippen molar-refractivity contribution in [2.45, 2.75) is 12.8 Å². The minimum atomic E-state index is -0.789. The van der Waals surface area contributed by atoms with E-state index in [1.807, 2.05) is 0 Å². The molecule has 0 aliphatic carbocycles. The monoisotopic (exact) mass is 356 g/mol. The first-order chi connectivity index (χ1) is 12.5. The van der Waals surface area contributed by atoms with Crippen molar-refractivity contribution in [2.24, 2.45) is 0 Å². The van der Waals surface area contributed by atoms with Crippen LogP contribution in [0.5, 0.6) is 0 Å². The van der Waals surface area contributed by atoms with Crippen LogP contribution in [0.2, 0.25) is 0 Å². The summed E-state index contributed by atoms with van der Waals surface area (Å²) in [4.78, 5) is 37.5. The minimum Gasteiger partial charge on any atom is -0.452 e. The number of benzene rings is 2. The lowest BCUT2D eigenvalue weighted by Crippen LogP contribution is -2.27. The highest BCUT2D eigenvalue weighted by Gasteiger charge is 2.24. The van der Waals surface area contributed by atoms with E-state index in [0.29, 0.717) is 24.3 Å². The van der Waals surface area contributed by atoms with Crippen LogP contribution in [-0.2, 0) is 14.3 Å². The number of anilines is 2. The molecule has 7 heteroatoms. The van der Waals surface area contributed by atoms with Crippen LogP contribution in [0.15, 0.2) is 48.5 Å². The molecule has 0 unspecified atom stereocenters. The van der Waals surface area contributed by atoms with Crippen LogP contribution >= 0.6 is 0 Å². The molecule has 1 fully saturated rings. The number of hydrogen-bond acceptors (Lipinski definition) is 4. The number of para-hydroxylation sites is 2. The molecule has 0 aromatic heterocycles. The van der Waals surface area contributed by atoms with Gasteiger partial charge in [0.1, 0.15) is 5.82 Å². The molecule has 3 rings (SSSR count). The molecule has 1 saturated heterocycles. The molecular formula is C19H17FN2O4. The van der Waals surface area contributed by atoms with E-state index in [-0.39, 0.29) is 11.5 Å². The molecule has 0 atom stereocenters. The second kappa shape index (κ2) is 7.77. The van der Waals surface area contributed by atoms with Gasteiger partial charge in [0.15, 0.2) is 6.61 Å². The van der Waals surface area contributed by atoms with E-state index >= 15 is 0 Å². The number of esters is 1. The van der Waals surface area contributed by atoms with Gasteiger partial charge in [0, 0.05) is 13.0 Å². The van der Waals surface area contributed by atoms with Gasteiger partial charge in [-0.25, -0.2) is 9.18 Å². The largest absolute Gasteiger partial charge is 0.452 e. The van der Waals surface area contributed by atoms with Crippen LogP contribution in [0.1, 0.15) is 23.2 Å². The molecule has 1 aliphatic heterocycles. The van der Waals surface area contributed by atoms with Gasteiger partial charge in [0.25, 0.3) is 5.91 Å². The zero-order chi connectivity index (χ0) is 18.5. The molecule has 26 heavy (non-hydrogen) atoms. The lowest BCUT2D eigenvalue weighted by molar-refractivity contribution is -0.119. The second-order valence-corrected chi connectivity index (χ2v) is 5.80. The number of nitrogens with zero attached hydrogens (tertiary/aromatic N) is 1. The van der Waals surface area contributed by atoms with Gasteiger partial charge >= 0.3 is 5.97 Å². The van der Waals surface area contributed by atoms with Gasteiger partial charge in [0.05, 0.1) is 16.9 Å². The molecule has 134 valence electrons. The van der Waals surface area contributed by atoms with Gasteiger partial charge in [-0.3, -0.25) is 9.59 Å². The van der Waals surface area contributed by atoms with Gasteiger partial charge in [-0.1, -0.05) is 18.2 Å². The van der Waals surface area contributed by atoms with Crippen molar-refractivity contribution in [3.63, 3.8) is 0 Å². The summed E-state index contributed by atoms with van der Waals surface area (Å²) in [5.41, 5.74) is 1.11. The standard InChI is InChI=1S/C19H17FN2O4/c20-14-6-3-5-13(11-14)19(25)26-12-17(23)21-15-7-1-2-8-16(15)22-10-4-9-18(22)24/h1-3,5-8,11H,4,9-10,12H2,(H,21,23). The van der Waals surface area contributed by atoms with E-state index in [0.717, 1.165) is 12.5 Å². The first kappa shape index (κ1) is 17.6. The second-order valence-electron chi connectivity index (χ2n) is 5.80. The maximum Gasteiger partial charge on any atom is 0.338 e. The zero-order valence-corrected chi connectivity index (χ0v) is 13.9. The van der Waals surface area contributed by atoms with Crippen molar-refractivity contribution in [2.75, 3.05) is 23.4 Å². The Hall–Kier alpha value is -3.22. The number of carbonyl (C=O) groups is 3. The predicted molar refractivity (Wildman–Crippen MR) is 93.3 cm³/mol. The molecule has 1 heterocycles. The molecular weight excluding hydrogens is 339 g/mol. The van der Waals surface area contributed by atoms with E-state index in [1.54, 1.807) is 29.2 Å². The summed E-state index contributed by atoms with van der Waals surface area (Å²) in [6.07, 6.45) is 1.25. The average Bonchev–Trinajstić information content (AvgIpc) is 3.06. The van der Waals surface area contributed by atoms with Crippen LogP contribution in [0.4, 0.5) is 15.8 Å². The van der Waals surface area contributed by atoms with Crippen molar-refractivity contribution in [3.05, 3.63) is 59.9 Å². The lowest BCUT2D eigenvalue weighted by atomic mass is 10.2. The van der Waals surface area contributed by atoms with E-state index < -0.39 is 24.3 Å². The summed E-state index contributed by atoms with van der Waals surface area (Å²) in [5, 5.41) is 2.64. The van der Waals surface area contributed by atoms with E-state index in [2.05, 4.69) is 5.32 Å². The molecule has 2 amide bonds. The van der Waals surface area contributed by atoms with Gasteiger partial charge < -0.3 is 15.0 Å². The fourth-order valence-electron chi connectivity index (χ4n) is 2.73. The SMILES string of the molecule is O=C(COC(=O)c1cccc(F)c1)Nc1ccccc1N1CCCC1=O. The maximum absolute atomic E-state index is 13.1. The molecule has 1 aliphatic rings. The van der Waals surface area contributed by atoms with Gasteiger partial charge in [-0.15, -0.1) is 0 Å². The lowest BCUT2D eigenvalue weighted by Gasteiger charge is -2.19. The molecule has 0 saturated carbocycles. The van der Waals surface area contributed by atoms with Gasteiger partial charge in [0.2, 0.25) is 5.91 Å². The fourth-order valence-corrected chi connectivity index (χ4v) is 2.73. The summed E-state index contributed by atoms with van der Waals surface area (Å²) in [6.45, 7) is 0.0813. The number of amides is 2. The topological polar surface area (TPSA) is 75.7 Å². The smallest absolute Gasteiger partial charge is 0.338 e. The molecule has 0 spiro atoms. The molecule has 0 radical (unpaired) electrons.